The third kappa shape index (κ3) is 1.59. The lowest BCUT2D eigenvalue weighted by atomic mass is 10.0. The number of rotatable bonds is 0. The van der Waals surface area contributed by atoms with Gasteiger partial charge in [-0.2, -0.15) is 0 Å². The molecule has 0 N–H and O–H groups in total. The minimum atomic E-state index is -0.670. The fraction of sp³-hybridized carbons (Fsp3) is 0. The number of fused-ring (bicyclic) bond motifs is 4. The summed E-state index contributed by atoms with van der Waals surface area (Å²) in [4.78, 5) is 12.6. The molecule has 0 saturated carbocycles. The number of benzene rings is 3. The maximum Gasteiger partial charge on any atom is 0.204 e. The molecule has 0 saturated heterocycles. The summed E-state index contributed by atoms with van der Waals surface area (Å²) in [5.74, 6) is -1.20. The van der Waals surface area contributed by atoms with Gasteiger partial charge >= 0.3 is 0 Å². The van der Waals surface area contributed by atoms with Crippen LogP contribution < -0.4 is 5.43 Å². The van der Waals surface area contributed by atoms with E-state index >= 15 is 0 Å². The SMILES string of the molecule is O=c1c2c(F)cccc2oc2ccc3cccc(F)c3c12. The molecule has 0 atom stereocenters. The summed E-state index contributed by atoms with van der Waals surface area (Å²) in [5, 5.41) is 0.656. The van der Waals surface area contributed by atoms with Gasteiger partial charge < -0.3 is 4.42 Å². The Hall–Kier alpha value is -2.75. The fourth-order valence-electron chi connectivity index (χ4n) is 2.68. The van der Waals surface area contributed by atoms with Crippen LogP contribution in [0.4, 0.5) is 8.78 Å². The normalized spacial score (nSPS) is 11.5. The molecular weight excluding hydrogens is 274 g/mol. The molecule has 2 nitrogen and oxygen atoms in total. The highest BCUT2D eigenvalue weighted by Crippen LogP contribution is 2.28. The van der Waals surface area contributed by atoms with Crippen molar-refractivity contribution >= 4 is 32.7 Å². The van der Waals surface area contributed by atoms with E-state index in [1.165, 1.54) is 24.3 Å². The van der Waals surface area contributed by atoms with Crippen LogP contribution in [-0.2, 0) is 0 Å². The molecule has 21 heavy (non-hydrogen) atoms. The summed E-state index contributed by atoms with van der Waals surface area (Å²) in [5.41, 5.74) is -0.154. The molecule has 102 valence electrons. The zero-order chi connectivity index (χ0) is 14.6. The van der Waals surface area contributed by atoms with Gasteiger partial charge in [-0.1, -0.05) is 24.3 Å². The number of hydrogen-bond acceptors (Lipinski definition) is 2. The topological polar surface area (TPSA) is 30.2 Å². The Bertz CT molecular complexity index is 1080. The second kappa shape index (κ2) is 4.12. The molecule has 0 aliphatic rings. The Labute approximate surface area is 117 Å². The highest BCUT2D eigenvalue weighted by atomic mass is 19.1. The molecule has 4 rings (SSSR count). The van der Waals surface area contributed by atoms with Crippen molar-refractivity contribution in [2.45, 2.75) is 0 Å². The van der Waals surface area contributed by atoms with Crippen molar-refractivity contribution in [3.8, 4) is 0 Å². The smallest absolute Gasteiger partial charge is 0.204 e. The van der Waals surface area contributed by atoms with Crippen LogP contribution in [-0.4, -0.2) is 0 Å². The van der Waals surface area contributed by atoms with E-state index in [0.717, 1.165) is 0 Å². The summed E-state index contributed by atoms with van der Waals surface area (Å²) in [6, 6.07) is 12.0. The highest BCUT2D eigenvalue weighted by molar-refractivity contribution is 6.08. The zero-order valence-electron chi connectivity index (χ0n) is 10.7. The van der Waals surface area contributed by atoms with Crippen molar-refractivity contribution in [1.29, 1.82) is 0 Å². The number of halogens is 2. The standard InChI is InChI=1S/C17H8F2O2/c18-10-4-1-3-9-7-8-13-16(14(9)10)17(20)15-11(19)5-2-6-12(15)21-13/h1-8H. The summed E-state index contributed by atoms with van der Waals surface area (Å²) in [7, 11) is 0. The molecule has 0 fully saturated rings. The summed E-state index contributed by atoms with van der Waals surface area (Å²) < 4.78 is 33.6. The van der Waals surface area contributed by atoms with Crippen LogP contribution in [0.25, 0.3) is 32.7 Å². The third-order valence-electron chi connectivity index (χ3n) is 3.61. The summed E-state index contributed by atoms with van der Waals surface area (Å²) in [6.07, 6.45) is 0. The molecule has 0 aliphatic carbocycles. The van der Waals surface area contributed by atoms with E-state index in [0.29, 0.717) is 5.39 Å². The van der Waals surface area contributed by atoms with Crippen LogP contribution in [0.15, 0.2) is 57.7 Å². The van der Waals surface area contributed by atoms with Crippen molar-refractivity contribution in [1.82, 2.24) is 0 Å². The molecule has 0 spiro atoms. The van der Waals surface area contributed by atoms with E-state index in [-0.39, 0.29) is 27.3 Å². The monoisotopic (exact) mass is 282 g/mol. The van der Waals surface area contributed by atoms with E-state index in [9.17, 15) is 13.6 Å². The molecule has 4 aromatic rings. The first-order valence-corrected chi connectivity index (χ1v) is 6.39. The Balaban J connectivity index is 2.40. The molecule has 1 heterocycles. The zero-order valence-corrected chi connectivity index (χ0v) is 10.7. The molecular formula is C17H8F2O2. The lowest BCUT2D eigenvalue weighted by molar-refractivity contribution is 0.624. The van der Waals surface area contributed by atoms with E-state index in [4.69, 9.17) is 4.42 Å². The van der Waals surface area contributed by atoms with Crippen LogP contribution in [0.5, 0.6) is 0 Å². The van der Waals surface area contributed by atoms with Crippen molar-refractivity contribution in [3.63, 3.8) is 0 Å². The van der Waals surface area contributed by atoms with Gasteiger partial charge in [0.2, 0.25) is 5.43 Å². The first kappa shape index (κ1) is 12.0. The Kier molecular flexibility index (Phi) is 2.36. The van der Waals surface area contributed by atoms with Gasteiger partial charge in [0.15, 0.2) is 0 Å². The summed E-state index contributed by atoms with van der Waals surface area (Å²) >= 11 is 0. The van der Waals surface area contributed by atoms with Crippen molar-refractivity contribution in [2.75, 3.05) is 0 Å². The molecule has 0 aliphatic heterocycles. The largest absolute Gasteiger partial charge is 0.456 e. The molecule has 0 bridgehead atoms. The minimum Gasteiger partial charge on any atom is -0.456 e. The average molecular weight is 282 g/mol. The Morgan fingerprint density at radius 2 is 1.38 bits per heavy atom. The quantitative estimate of drug-likeness (QED) is 0.354. The van der Waals surface area contributed by atoms with Crippen LogP contribution in [0.2, 0.25) is 0 Å². The highest BCUT2D eigenvalue weighted by Gasteiger charge is 2.15. The molecule has 4 heteroatoms. The molecule has 0 amide bonds. The lowest BCUT2D eigenvalue weighted by Gasteiger charge is -2.06. The molecule has 3 aromatic carbocycles. The van der Waals surface area contributed by atoms with Crippen LogP contribution >= 0.6 is 0 Å². The second-order valence-corrected chi connectivity index (χ2v) is 4.82. The molecule has 1 aromatic heterocycles. The van der Waals surface area contributed by atoms with Gasteiger partial charge in [0.1, 0.15) is 28.2 Å². The van der Waals surface area contributed by atoms with Gasteiger partial charge in [-0.3, -0.25) is 4.79 Å². The van der Waals surface area contributed by atoms with E-state index in [2.05, 4.69) is 0 Å². The number of hydrogen-bond donors (Lipinski definition) is 0. The van der Waals surface area contributed by atoms with E-state index < -0.39 is 17.1 Å². The average Bonchev–Trinajstić information content (AvgIpc) is 2.47. The Morgan fingerprint density at radius 1 is 0.714 bits per heavy atom. The van der Waals surface area contributed by atoms with Gasteiger partial charge in [0, 0.05) is 5.39 Å². The van der Waals surface area contributed by atoms with Gasteiger partial charge in [-0.05, 0) is 29.7 Å². The minimum absolute atomic E-state index is 0.0724. The van der Waals surface area contributed by atoms with Gasteiger partial charge in [-0.25, -0.2) is 8.78 Å². The molecule has 0 unspecified atom stereocenters. The van der Waals surface area contributed by atoms with Crippen molar-refractivity contribution < 1.29 is 13.2 Å². The predicted octanol–water partition coefficient (Wildman–Crippen LogP) is 4.38. The lowest BCUT2D eigenvalue weighted by Crippen LogP contribution is -2.05. The first-order valence-electron chi connectivity index (χ1n) is 6.39. The van der Waals surface area contributed by atoms with Crippen molar-refractivity contribution in [2.24, 2.45) is 0 Å². The van der Waals surface area contributed by atoms with Crippen LogP contribution in [0, 0.1) is 11.6 Å². The third-order valence-corrected chi connectivity index (χ3v) is 3.61. The van der Waals surface area contributed by atoms with Crippen LogP contribution in [0.3, 0.4) is 0 Å². The Morgan fingerprint density at radius 3 is 2.19 bits per heavy atom. The van der Waals surface area contributed by atoms with E-state index in [1.54, 1.807) is 24.3 Å². The maximum atomic E-state index is 14.1. The second-order valence-electron chi connectivity index (χ2n) is 4.82. The van der Waals surface area contributed by atoms with Gasteiger partial charge in [0.05, 0.1) is 5.39 Å². The summed E-state index contributed by atoms with van der Waals surface area (Å²) in [6.45, 7) is 0. The fourth-order valence-corrected chi connectivity index (χ4v) is 2.68. The van der Waals surface area contributed by atoms with Gasteiger partial charge in [-0.15, -0.1) is 0 Å². The predicted molar refractivity (Wildman–Crippen MR) is 77.4 cm³/mol. The van der Waals surface area contributed by atoms with Crippen molar-refractivity contribution in [3.05, 3.63) is 70.4 Å². The first-order chi connectivity index (χ1) is 10.2. The molecule has 0 radical (unpaired) electrons. The van der Waals surface area contributed by atoms with Crippen LogP contribution in [0.1, 0.15) is 0 Å². The van der Waals surface area contributed by atoms with E-state index in [1.807, 2.05) is 0 Å². The maximum absolute atomic E-state index is 14.1. The van der Waals surface area contributed by atoms with Gasteiger partial charge in [0.25, 0.3) is 0 Å².